The second-order valence-corrected chi connectivity index (χ2v) is 4.34. The van der Waals surface area contributed by atoms with E-state index in [4.69, 9.17) is 21.9 Å². The average Bonchev–Trinajstić information content (AvgIpc) is 2.48. The molecule has 0 aromatic heterocycles. The van der Waals surface area contributed by atoms with Crippen LogP contribution in [0.3, 0.4) is 0 Å². The molecule has 2 aromatic rings. The van der Waals surface area contributed by atoms with Crippen LogP contribution in [0.1, 0.15) is 15.9 Å². The van der Waals surface area contributed by atoms with Gasteiger partial charge in [-0.25, -0.2) is 0 Å². The minimum absolute atomic E-state index is 0.258. The molecule has 0 N–H and O–H groups in total. The first-order valence-corrected chi connectivity index (χ1v) is 6.07. The smallest absolute Gasteiger partial charge is 0.193 e. The third-order valence-electron chi connectivity index (χ3n) is 2.71. The quantitative estimate of drug-likeness (QED) is 0.359. The van der Waals surface area contributed by atoms with Crippen molar-refractivity contribution in [2.75, 3.05) is 7.11 Å². The third-order valence-corrected chi connectivity index (χ3v) is 2.96. The highest BCUT2D eigenvalue weighted by molar-refractivity contribution is 6.30. The summed E-state index contributed by atoms with van der Waals surface area (Å²) in [6.07, 6.45) is 0. The molecule has 0 heterocycles. The van der Waals surface area contributed by atoms with Crippen molar-refractivity contribution >= 4 is 23.1 Å². The summed E-state index contributed by atoms with van der Waals surface area (Å²) in [5.41, 5.74) is 9.55. The number of carbonyl (C=O) groups excluding carboxylic acids is 1. The van der Waals surface area contributed by atoms with E-state index < -0.39 is 0 Å². The maximum absolute atomic E-state index is 12.4. The van der Waals surface area contributed by atoms with Crippen molar-refractivity contribution in [2.45, 2.75) is 0 Å². The first-order valence-electron chi connectivity index (χ1n) is 5.69. The van der Waals surface area contributed by atoms with Crippen molar-refractivity contribution in [3.05, 3.63) is 69.1 Å². The summed E-state index contributed by atoms with van der Waals surface area (Å²) in [4.78, 5) is 15.2. The highest BCUT2D eigenvalue weighted by Gasteiger charge is 2.14. The number of methoxy groups -OCH3 is 1. The SMILES string of the molecule is COc1ccc(N=[N+]=[N-])c(C(=O)c2ccc(Cl)cc2)c1. The van der Waals surface area contributed by atoms with Gasteiger partial charge in [0.2, 0.25) is 0 Å². The van der Waals surface area contributed by atoms with Gasteiger partial charge in [-0.05, 0) is 48.0 Å². The Kier molecular flexibility index (Phi) is 4.25. The second kappa shape index (κ2) is 6.10. The molecule has 0 saturated heterocycles. The molecule has 0 aliphatic carbocycles. The molecule has 0 spiro atoms. The summed E-state index contributed by atoms with van der Waals surface area (Å²) in [6, 6.07) is 11.2. The van der Waals surface area contributed by atoms with Crippen LogP contribution >= 0.6 is 11.6 Å². The number of hydrogen-bond acceptors (Lipinski definition) is 3. The number of nitrogens with zero attached hydrogens (tertiary/aromatic N) is 3. The van der Waals surface area contributed by atoms with Crippen LogP contribution in [-0.4, -0.2) is 12.9 Å². The molecular weight excluding hydrogens is 278 g/mol. The van der Waals surface area contributed by atoms with Crippen molar-refractivity contribution in [1.82, 2.24) is 0 Å². The van der Waals surface area contributed by atoms with Crippen molar-refractivity contribution in [3.8, 4) is 5.75 Å². The van der Waals surface area contributed by atoms with Crippen LogP contribution < -0.4 is 4.74 Å². The maximum Gasteiger partial charge on any atom is 0.193 e. The number of ketones is 1. The molecule has 0 fully saturated rings. The predicted octanol–water partition coefficient (Wildman–Crippen LogP) is 4.52. The Morgan fingerprint density at radius 3 is 2.55 bits per heavy atom. The monoisotopic (exact) mass is 287 g/mol. The summed E-state index contributed by atoms with van der Waals surface area (Å²) in [5.74, 6) is 0.252. The van der Waals surface area contributed by atoms with Crippen LogP contribution in [0.5, 0.6) is 5.75 Å². The molecule has 5 nitrogen and oxygen atoms in total. The number of carbonyl (C=O) groups is 1. The Bertz CT molecular complexity index is 692. The zero-order valence-corrected chi connectivity index (χ0v) is 11.3. The number of hydrogen-bond donors (Lipinski definition) is 0. The summed E-state index contributed by atoms with van der Waals surface area (Å²) in [7, 11) is 1.50. The first kappa shape index (κ1) is 13.9. The van der Waals surface area contributed by atoms with Crippen molar-refractivity contribution in [2.24, 2.45) is 5.11 Å². The summed E-state index contributed by atoms with van der Waals surface area (Å²) in [6.45, 7) is 0. The largest absolute Gasteiger partial charge is 0.497 e. The highest BCUT2D eigenvalue weighted by atomic mass is 35.5. The lowest BCUT2D eigenvalue weighted by Gasteiger charge is -2.07. The van der Waals surface area contributed by atoms with E-state index in [9.17, 15) is 4.79 Å². The fourth-order valence-electron chi connectivity index (χ4n) is 1.72. The molecule has 0 amide bonds. The molecule has 100 valence electrons. The van der Waals surface area contributed by atoms with Crippen LogP contribution in [-0.2, 0) is 0 Å². The molecule has 0 atom stereocenters. The lowest BCUT2D eigenvalue weighted by molar-refractivity contribution is 0.103. The fourth-order valence-corrected chi connectivity index (χ4v) is 1.84. The van der Waals surface area contributed by atoms with E-state index >= 15 is 0 Å². The van der Waals surface area contributed by atoms with E-state index in [0.717, 1.165) is 0 Å². The standard InChI is InChI=1S/C14H10ClN3O2/c1-20-11-6-7-13(17-18-16)12(8-11)14(19)9-2-4-10(15)5-3-9/h2-8H,1H3. The minimum Gasteiger partial charge on any atom is -0.497 e. The van der Waals surface area contributed by atoms with Gasteiger partial charge < -0.3 is 4.74 Å². The lowest BCUT2D eigenvalue weighted by atomic mass is 10.0. The molecule has 0 aliphatic rings. The molecule has 0 saturated carbocycles. The molecule has 2 rings (SSSR count). The number of ether oxygens (including phenoxy) is 1. The first-order chi connectivity index (χ1) is 9.65. The van der Waals surface area contributed by atoms with Gasteiger partial charge in [-0.3, -0.25) is 4.79 Å². The molecule has 6 heteroatoms. The number of azide groups is 1. The second-order valence-electron chi connectivity index (χ2n) is 3.91. The van der Waals surface area contributed by atoms with E-state index in [1.165, 1.54) is 7.11 Å². The lowest BCUT2D eigenvalue weighted by Crippen LogP contribution is -2.02. The van der Waals surface area contributed by atoms with Gasteiger partial charge in [0.1, 0.15) is 5.75 Å². The van der Waals surface area contributed by atoms with E-state index in [1.54, 1.807) is 42.5 Å². The summed E-state index contributed by atoms with van der Waals surface area (Å²) in [5, 5.41) is 4.07. The van der Waals surface area contributed by atoms with Crippen LogP contribution in [0.25, 0.3) is 10.4 Å². The van der Waals surface area contributed by atoms with Crippen LogP contribution in [0.15, 0.2) is 47.6 Å². The zero-order valence-electron chi connectivity index (χ0n) is 10.6. The van der Waals surface area contributed by atoms with E-state index in [1.807, 2.05) is 0 Å². The zero-order chi connectivity index (χ0) is 14.5. The molecule has 0 radical (unpaired) electrons. The van der Waals surface area contributed by atoms with Gasteiger partial charge >= 0.3 is 0 Å². The van der Waals surface area contributed by atoms with E-state index in [-0.39, 0.29) is 17.0 Å². The van der Waals surface area contributed by atoms with Crippen molar-refractivity contribution < 1.29 is 9.53 Å². The van der Waals surface area contributed by atoms with Crippen LogP contribution in [0.4, 0.5) is 5.69 Å². The predicted molar refractivity (Wildman–Crippen MR) is 76.7 cm³/mol. The van der Waals surface area contributed by atoms with Crippen LogP contribution in [0.2, 0.25) is 5.02 Å². The minimum atomic E-state index is -0.261. The van der Waals surface area contributed by atoms with E-state index in [2.05, 4.69) is 10.0 Å². The molecule has 0 unspecified atom stereocenters. The van der Waals surface area contributed by atoms with Gasteiger partial charge in [-0.2, -0.15) is 0 Å². The van der Waals surface area contributed by atoms with Crippen LogP contribution in [0, 0.1) is 0 Å². The fraction of sp³-hybridized carbons (Fsp3) is 0.0714. The highest BCUT2D eigenvalue weighted by Crippen LogP contribution is 2.27. The molecule has 2 aromatic carbocycles. The summed E-state index contributed by atoms with van der Waals surface area (Å²) < 4.78 is 5.09. The molecule has 20 heavy (non-hydrogen) atoms. The molecular formula is C14H10ClN3O2. The number of rotatable bonds is 4. The third kappa shape index (κ3) is 2.91. The summed E-state index contributed by atoms with van der Waals surface area (Å²) >= 11 is 5.79. The van der Waals surface area contributed by atoms with E-state index in [0.29, 0.717) is 16.3 Å². The Morgan fingerprint density at radius 1 is 1.25 bits per heavy atom. The van der Waals surface area contributed by atoms with Crippen molar-refractivity contribution in [3.63, 3.8) is 0 Å². The maximum atomic E-state index is 12.4. The van der Waals surface area contributed by atoms with Gasteiger partial charge in [0.05, 0.1) is 7.11 Å². The molecule has 0 bridgehead atoms. The van der Waals surface area contributed by atoms with Gasteiger partial charge in [0.25, 0.3) is 0 Å². The topological polar surface area (TPSA) is 75.1 Å². The Hall–Kier alpha value is -2.49. The Morgan fingerprint density at radius 2 is 1.95 bits per heavy atom. The average molecular weight is 288 g/mol. The van der Waals surface area contributed by atoms with Gasteiger partial charge in [-0.1, -0.05) is 16.7 Å². The van der Waals surface area contributed by atoms with Gasteiger partial charge in [-0.15, -0.1) is 0 Å². The Labute approximate surface area is 120 Å². The normalized spacial score (nSPS) is 9.70. The van der Waals surface area contributed by atoms with Gasteiger partial charge in [0, 0.05) is 26.7 Å². The van der Waals surface area contributed by atoms with Gasteiger partial charge in [0.15, 0.2) is 5.78 Å². The molecule has 0 aliphatic heterocycles. The number of halogens is 1. The number of benzene rings is 2. The Balaban J connectivity index is 2.51. The van der Waals surface area contributed by atoms with Crippen molar-refractivity contribution in [1.29, 1.82) is 0 Å².